The summed E-state index contributed by atoms with van der Waals surface area (Å²) in [4.78, 5) is 12.4. The number of hydrogen-bond acceptors (Lipinski definition) is 7. The molecule has 1 heterocycles. The molecule has 0 bridgehead atoms. The van der Waals surface area contributed by atoms with Crippen LogP contribution < -0.4 is 19.5 Å². The predicted molar refractivity (Wildman–Crippen MR) is 129 cm³/mol. The fourth-order valence-electron chi connectivity index (χ4n) is 3.07. The zero-order valence-electron chi connectivity index (χ0n) is 19.0. The number of carbonyl (C=O) groups is 1. The molecule has 1 amide bonds. The van der Waals surface area contributed by atoms with Crippen molar-refractivity contribution < 1.29 is 19.0 Å². The highest BCUT2D eigenvalue weighted by Crippen LogP contribution is 2.27. The second-order valence-electron chi connectivity index (χ2n) is 6.97. The Hall–Kier alpha value is -3.46. The van der Waals surface area contributed by atoms with Gasteiger partial charge in [-0.15, -0.1) is 16.8 Å². The van der Waals surface area contributed by atoms with Gasteiger partial charge in [-0.2, -0.15) is 0 Å². The number of aromatic nitrogens is 3. The van der Waals surface area contributed by atoms with Crippen LogP contribution in [-0.2, 0) is 11.3 Å². The van der Waals surface area contributed by atoms with E-state index >= 15 is 0 Å². The first kappa shape index (κ1) is 24.2. The maximum Gasteiger partial charge on any atom is 0.234 e. The normalized spacial score (nSPS) is 11.5. The molecule has 0 radical (unpaired) electrons. The number of thioether (sulfide) groups is 1. The number of hydrogen-bond donors (Lipinski definition) is 1. The standard InChI is InChI=1S/C24H28N4O4S/c1-5-14-28-23(17(3)32-21-9-7-8-20(15-21)30-4)26-27-24(28)33-16-22(29)25-18-10-12-19(13-11-18)31-6-2/h5,7-13,15,17H,1,6,14,16H2,2-4H3,(H,25,29). The molecule has 3 rings (SSSR count). The van der Waals surface area contributed by atoms with Crippen molar-refractivity contribution in [1.82, 2.24) is 14.8 Å². The monoisotopic (exact) mass is 468 g/mol. The molecule has 33 heavy (non-hydrogen) atoms. The molecule has 0 aliphatic heterocycles. The predicted octanol–water partition coefficient (Wildman–Crippen LogP) is 4.74. The van der Waals surface area contributed by atoms with Crippen LogP contribution in [0.3, 0.4) is 0 Å². The van der Waals surface area contributed by atoms with E-state index in [4.69, 9.17) is 14.2 Å². The molecule has 1 unspecified atom stereocenters. The van der Waals surface area contributed by atoms with Gasteiger partial charge in [0.2, 0.25) is 5.91 Å². The molecule has 174 valence electrons. The molecule has 0 aliphatic carbocycles. The number of methoxy groups -OCH3 is 1. The fourth-order valence-corrected chi connectivity index (χ4v) is 3.82. The Morgan fingerprint density at radius 2 is 1.94 bits per heavy atom. The van der Waals surface area contributed by atoms with Crippen molar-refractivity contribution in [3.05, 3.63) is 67.0 Å². The molecule has 1 aromatic heterocycles. The van der Waals surface area contributed by atoms with Gasteiger partial charge in [0.15, 0.2) is 17.1 Å². The highest BCUT2D eigenvalue weighted by Gasteiger charge is 2.20. The summed E-state index contributed by atoms with van der Waals surface area (Å²) in [7, 11) is 1.61. The Kier molecular flexibility index (Phi) is 8.77. The Balaban J connectivity index is 1.63. The van der Waals surface area contributed by atoms with E-state index < -0.39 is 0 Å². The summed E-state index contributed by atoms with van der Waals surface area (Å²) >= 11 is 1.31. The van der Waals surface area contributed by atoms with Crippen molar-refractivity contribution in [3.63, 3.8) is 0 Å². The minimum Gasteiger partial charge on any atom is -0.497 e. The number of carbonyl (C=O) groups excluding carboxylic acids is 1. The Bertz CT molecular complexity index is 1070. The second kappa shape index (κ2) is 12.0. The molecule has 3 aromatic rings. The highest BCUT2D eigenvalue weighted by molar-refractivity contribution is 7.99. The third kappa shape index (κ3) is 6.76. The van der Waals surface area contributed by atoms with E-state index in [0.29, 0.717) is 41.3 Å². The second-order valence-corrected chi connectivity index (χ2v) is 7.92. The third-order valence-electron chi connectivity index (χ3n) is 4.56. The molecule has 8 nitrogen and oxygen atoms in total. The van der Waals surface area contributed by atoms with E-state index in [1.165, 1.54) is 11.8 Å². The van der Waals surface area contributed by atoms with Gasteiger partial charge in [0.25, 0.3) is 0 Å². The lowest BCUT2D eigenvalue weighted by atomic mass is 10.3. The average molecular weight is 469 g/mol. The largest absolute Gasteiger partial charge is 0.497 e. The first-order valence-corrected chi connectivity index (χ1v) is 11.5. The Labute approximate surface area is 198 Å². The van der Waals surface area contributed by atoms with Crippen LogP contribution in [0.15, 0.2) is 66.3 Å². The van der Waals surface area contributed by atoms with E-state index in [1.54, 1.807) is 13.2 Å². The van der Waals surface area contributed by atoms with Crippen LogP contribution in [0.5, 0.6) is 17.2 Å². The minimum absolute atomic E-state index is 0.139. The maximum atomic E-state index is 12.4. The van der Waals surface area contributed by atoms with Crippen LogP contribution in [0.25, 0.3) is 0 Å². The number of anilines is 1. The summed E-state index contributed by atoms with van der Waals surface area (Å²) in [5.41, 5.74) is 0.706. The van der Waals surface area contributed by atoms with Crippen LogP contribution >= 0.6 is 11.8 Å². The molecule has 0 fully saturated rings. The van der Waals surface area contributed by atoms with Crippen molar-refractivity contribution >= 4 is 23.4 Å². The fraction of sp³-hybridized carbons (Fsp3) is 0.292. The smallest absolute Gasteiger partial charge is 0.234 e. The van der Waals surface area contributed by atoms with Gasteiger partial charge in [-0.1, -0.05) is 23.9 Å². The van der Waals surface area contributed by atoms with Crippen molar-refractivity contribution in [2.45, 2.75) is 31.7 Å². The number of ether oxygens (including phenoxy) is 3. The van der Waals surface area contributed by atoms with Gasteiger partial charge in [0.1, 0.15) is 17.2 Å². The van der Waals surface area contributed by atoms with Gasteiger partial charge in [-0.25, -0.2) is 0 Å². The topological polar surface area (TPSA) is 87.5 Å². The molecule has 0 spiro atoms. The summed E-state index contributed by atoms with van der Waals surface area (Å²) in [6, 6.07) is 14.6. The van der Waals surface area contributed by atoms with Crippen molar-refractivity contribution in [3.8, 4) is 17.2 Å². The number of allylic oxidation sites excluding steroid dienone is 1. The molecule has 0 aliphatic rings. The lowest BCUT2D eigenvalue weighted by molar-refractivity contribution is -0.113. The van der Waals surface area contributed by atoms with Gasteiger partial charge in [-0.3, -0.25) is 9.36 Å². The first-order valence-electron chi connectivity index (χ1n) is 10.5. The van der Waals surface area contributed by atoms with Crippen LogP contribution in [-0.4, -0.2) is 40.1 Å². The van der Waals surface area contributed by atoms with Gasteiger partial charge in [-0.05, 0) is 50.2 Å². The number of rotatable bonds is 12. The zero-order valence-corrected chi connectivity index (χ0v) is 19.8. The SMILES string of the molecule is C=CCn1c(SCC(=O)Nc2ccc(OCC)cc2)nnc1C(C)Oc1cccc(OC)c1. The van der Waals surface area contributed by atoms with Gasteiger partial charge in [0.05, 0.1) is 19.5 Å². The summed E-state index contributed by atoms with van der Waals surface area (Å²) in [6.07, 6.45) is 1.39. The lowest BCUT2D eigenvalue weighted by Gasteiger charge is -2.16. The Morgan fingerprint density at radius 1 is 1.18 bits per heavy atom. The van der Waals surface area contributed by atoms with Gasteiger partial charge < -0.3 is 19.5 Å². The first-order chi connectivity index (χ1) is 16.0. The molecule has 1 N–H and O–H groups in total. The average Bonchev–Trinajstić information content (AvgIpc) is 3.22. The third-order valence-corrected chi connectivity index (χ3v) is 5.52. The lowest BCUT2D eigenvalue weighted by Crippen LogP contribution is -2.15. The molecule has 0 saturated heterocycles. The number of nitrogens with zero attached hydrogens (tertiary/aromatic N) is 3. The summed E-state index contributed by atoms with van der Waals surface area (Å²) in [5.74, 6) is 2.83. The summed E-state index contributed by atoms with van der Waals surface area (Å²) in [6.45, 7) is 8.74. The quantitative estimate of drug-likeness (QED) is 0.303. The molecule has 9 heteroatoms. The van der Waals surface area contributed by atoms with Gasteiger partial charge >= 0.3 is 0 Å². The van der Waals surface area contributed by atoms with E-state index in [2.05, 4.69) is 22.1 Å². The van der Waals surface area contributed by atoms with Crippen molar-refractivity contribution in [1.29, 1.82) is 0 Å². The van der Waals surface area contributed by atoms with Gasteiger partial charge in [0, 0.05) is 18.3 Å². The summed E-state index contributed by atoms with van der Waals surface area (Å²) in [5, 5.41) is 12.1. The van der Waals surface area contributed by atoms with E-state index in [9.17, 15) is 4.79 Å². The van der Waals surface area contributed by atoms with Crippen molar-refractivity contribution in [2.75, 3.05) is 24.8 Å². The molecular formula is C24H28N4O4S. The number of benzene rings is 2. The maximum absolute atomic E-state index is 12.4. The Morgan fingerprint density at radius 3 is 2.64 bits per heavy atom. The van der Waals surface area contributed by atoms with Crippen LogP contribution in [0.2, 0.25) is 0 Å². The van der Waals surface area contributed by atoms with E-state index in [-0.39, 0.29) is 17.8 Å². The van der Waals surface area contributed by atoms with Crippen LogP contribution in [0, 0.1) is 0 Å². The molecule has 2 aromatic carbocycles. The van der Waals surface area contributed by atoms with Crippen LogP contribution in [0.1, 0.15) is 25.8 Å². The zero-order chi connectivity index (χ0) is 23.6. The van der Waals surface area contributed by atoms with Crippen LogP contribution in [0.4, 0.5) is 5.69 Å². The molecular weight excluding hydrogens is 440 g/mol. The molecule has 0 saturated carbocycles. The number of amides is 1. The highest BCUT2D eigenvalue weighted by atomic mass is 32.2. The van der Waals surface area contributed by atoms with Crippen molar-refractivity contribution in [2.24, 2.45) is 0 Å². The molecule has 1 atom stereocenters. The van der Waals surface area contributed by atoms with E-state index in [0.717, 1.165) is 5.75 Å². The minimum atomic E-state index is -0.364. The number of nitrogens with one attached hydrogen (secondary N) is 1. The summed E-state index contributed by atoms with van der Waals surface area (Å²) < 4.78 is 18.6. The van der Waals surface area contributed by atoms with E-state index in [1.807, 2.05) is 66.9 Å².